The lowest BCUT2D eigenvalue weighted by molar-refractivity contribution is -0.000287. The molecule has 0 radical (unpaired) electrons. The molecule has 0 aliphatic heterocycles. The summed E-state index contributed by atoms with van der Waals surface area (Å²) < 4.78 is 12.9. The lowest BCUT2D eigenvalue weighted by Crippen LogP contribution is -2.49. The van der Waals surface area contributed by atoms with E-state index in [9.17, 15) is 9.50 Å². The van der Waals surface area contributed by atoms with E-state index in [1.807, 2.05) is 12.1 Å². The van der Waals surface area contributed by atoms with Crippen LogP contribution in [0.1, 0.15) is 56.4 Å². The molecule has 0 amide bonds. The summed E-state index contributed by atoms with van der Waals surface area (Å²) in [6.45, 7) is 0.730. The van der Waals surface area contributed by atoms with Gasteiger partial charge in [0.25, 0.3) is 0 Å². The minimum Gasteiger partial charge on any atom is -0.389 e. The molecule has 3 heteroatoms. The standard InChI is InChI=1S/C17H24FNO/c18-15-6-4-13(5-7-15)14-10-16(11-14)19-12-17(20)8-2-1-3-9-17/h4-7,14,16,19-20H,1-3,8-12H2. The number of hydrogen-bond donors (Lipinski definition) is 2. The Bertz CT molecular complexity index is 433. The molecule has 2 nitrogen and oxygen atoms in total. The van der Waals surface area contributed by atoms with Crippen LogP contribution in [0, 0.1) is 5.82 Å². The van der Waals surface area contributed by atoms with Crippen molar-refractivity contribution in [3.8, 4) is 0 Å². The van der Waals surface area contributed by atoms with Gasteiger partial charge in [-0.25, -0.2) is 4.39 Å². The van der Waals surface area contributed by atoms with Gasteiger partial charge in [0.1, 0.15) is 5.82 Å². The Labute approximate surface area is 120 Å². The van der Waals surface area contributed by atoms with E-state index in [-0.39, 0.29) is 5.82 Å². The lowest BCUT2D eigenvalue weighted by Gasteiger charge is -2.40. The van der Waals surface area contributed by atoms with E-state index in [0.29, 0.717) is 12.0 Å². The van der Waals surface area contributed by atoms with Crippen LogP contribution in [0.2, 0.25) is 0 Å². The summed E-state index contributed by atoms with van der Waals surface area (Å²) in [5.74, 6) is 0.386. The first-order valence-corrected chi connectivity index (χ1v) is 7.86. The van der Waals surface area contributed by atoms with Crippen LogP contribution in [0.5, 0.6) is 0 Å². The average Bonchev–Trinajstić information content (AvgIpc) is 2.40. The van der Waals surface area contributed by atoms with Crippen molar-refractivity contribution >= 4 is 0 Å². The van der Waals surface area contributed by atoms with Gasteiger partial charge in [-0.3, -0.25) is 0 Å². The van der Waals surface area contributed by atoms with Crippen LogP contribution in [0.15, 0.2) is 24.3 Å². The Morgan fingerprint density at radius 3 is 2.40 bits per heavy atom. The quantitative estimate of drug-likeness (QED) is 0.884. The van der Waals surface area contributed by atoms with Crippen molar-refractivity contribution in [2.24, 2.45) is 0 Å². The van der Waals surface area contributed by atoms with Crippen molar-refractivity contribution in [3.05, 3.63) is 35.6 Å². The van der Waals surface area contributed by atoms with Crippen molar-refractivity contribution in [3.63, 3.8) is 0 Å². The highest BCUT2D eigenvalue weighted by Gasteiger charge is 2.34. The zero-order valence-corrected chi connectivity index (χ0v) is 11.9. The van der Waals surface area contributed by atoms with Crippen LogP contribution in [0.3, 0.4) is 0 Å². The maximum atomic E-state index is 12.9. The SMILES string of the molecule is OC1(CNC2CC(c3ccc(F)cc3)C2)CCCCC1. The molecule has 0 saturated heterocycles. The highest BCUT2D eigenvalue weighted by Crippen LogP contribution is 2.37. The molecule has 2 saturated carbocycles. The lowest BCUT2D eigenvalue weighted by atomic mass is 9.75. The Hall–Kier alpha value is -0.930. The van der Waals surface area contributed by atoms with Gasteiger partial charge in [0, 0.05) is 12.6 Å². The van der Waals surface area contributed by atoms with Gasteiger partial charge < -0.3 is 10.4 Å². The third-order valence-electron chi connectivity index (χ3n) is 4.98. The predicted octanol–water partition coefficient (Wildman–Crippen LogP) is 3.36. The number of rotatable bonds is 4. The number of nitrogens with one attached hydrogen (secondary N) is 1. The van der Waals surface area contributed by atoms with Gasteiger partial charge in [-0.15, -0.1) is 0 Å². The Morgan fingerprint density at radius 1 is 1.10 bits per heavy atom. The fraction of sp³-hybridized carbons (Fsp3) is 0.647. The Morgan fingerprint density at radius 2 is 1.75 bits per heavy atom. The number of hydrogen-bond acceptors (Lipinski definition) is 2. The first-order valence-electron chi connectivity index (χ1n) is 7.86. The first-order chi connectivity index (χ1) is 9.65. The van der Waals surface area contributed by atoms with Gasteiger partial charge in [-0.05, 0) is 49.3 Å². The topological polar surface area (TPSA) is 32.3 Å². The molecule has 1 aromatic carbocycles. The molecule has 2 fully saturated rings. The number of benzene rings is 1. The monoisotopic (exact) mass is 277 g/mol. The molecule has 0 spiro atoms. The summed E-state index contributed by atoms with van der Waals surface area (Å²) in [5.41, 5.74) is 0.764. The summed E-state index contributed by atoms with van der Waals surface area (Å²) in [4.78, 5) is 0. The molecular formula is C17H24FNO. The smallest absolute Gasteiger partial charge is 0.123 e. The zero-order valence-electron chi connectivity index (χ0n) is 11.9. The Balaban J connectivity index is 1.43. The molecule has 2 aliphatic rings. The maximum Gasteiger partial charge on any atom is 0.123 e. The van der Waals surface area contributed by atoms with E-state index in [1.165, 1.54) is 12.0 Å². The van der Waals surface area contributed by atoms with Gasteiger partial charge in [0.15, 0.2) is 0 Å². The second-order valence-electron chi connectivity index (χ2n) is 6.58. The number of halogens is 1. The molecule has 0 aromatic heterocycles. The summed E-state index contributed by atoms with van der Waals surface area (Å²) >= 11 is 0. The van der Waals surface area contributed by atoms with Crippen LogP contribution < -0.4 is 5.32 Å². The fourth-order valence-electron chi connectivity index (χ4n) is 3.51. The molecule has 2 aliphatic carbocycles. The van der Waals surface area contributed by atoms with E-state index >= 15 is 0 Å². The third-order valence-corrected chi connectivity index (χ3v) is 4.98. The molecule has 2 N–H and O–H groups in total. The average molecular weight is 277 g/mol. The van der Waals surface area contributed by atoms with Crippen LogP contribution in [0.4, 0.5) is 4.39 Å². The second-order valence-corrected chi connectivity index (χ2v) is 6.58. The molecule has 0 bridgehead atoms. The van der Waals surface area contributed by atoms with Crippen molar-refractivity contribution in [2.45, 2.75) is 62.5 Å². The van der Waals surface area contributed by atoms with Crippen LogP contribution in [0.25, 0.3) is 0 Å². The fourth-order valence-corrected chi connectivity index (χ4v) is 3.51. The molecule has 110 valence electrons. The first kappa shape index (κ1) is 14.0. The van der Waals surface area contributed by atoms with Crippen LogP contribution >= 0.6 is 0 Å². The van der Waals surface area contributed by atoms with Gasteiger partial charge >= 0.3 is 0 Å². The van der Waals surface area contributed by atoms with Crippen molar-refractivity contribution in [2.75, 3.05) is 6.54 Å². The van der Waals surface area contributed by atoms with Crippen molar-refractivity contribution < 1.29 is 9.50 Å². The number of aliphatic hydroxyl groups is 1. The zero-order chi connectivity index (χ0) is 14.0. The maximum absolute atomic E-state index is 12.9. The van der Waals surface area contributed by atoms with Crippen molar-refractivity contribution in [1.29, 1.82) is 0 Å². The van der Waals surface area contributed by atoms with Crippen LogP contribution in [-0.2, 0) is 0 Å². The Kier molecular flexibility index (Phi) is 4.08. The van der Waals surface area contributed by atoms with Gasteiger partial charge in [0.05, 0.1) is 5.60 Å². The van der Waals surface area contributed by atoms with E-state index in [2.05, 4.69) is 5.32 Å². The normalized spacial score (nSPS) is 28.9. The minimum atomic E-state index is -0.473. The molecule has 0 atom stereocenters. The highest BCUT2D eigenvalue weighted by molar-refractivity contribution is 5.23. The van der Waals surface area contributed by atoms with Gasteiger partial charge in [0.2, 0.25) is 0 Å². The third kappa shape index (κ3) is 3.21. The van der Waals surface area contributed by atoms with E-state index in [4.69, 9.17) is 0 Å². The molecule has 3 rings (SSSR count). The summed E-state index contributed by atoms with van der Waals surface area (Å²) in [7, 11) is 0. The van der Waals surface area contributed by atoms with E-state index in [0.717, 1.165) is 45.1 Å². The van der Waals surface area contributed by atoms with Gasteiger partial charge in [-0.1, -0.05) is 31.4 Å². The molecule has 0 unspecified atom stereocenters. The van der Waals surface area contributed by atoms with Gasteiger partial charge in [-0.2, -0.15) is 0 Å². The summed E-state index contributed by atoms with van der Waals surface area (Å²) in [6, 6.07) is 7.38. The second kappa shape index (κ2) is 5.82. The summed E-state index contributed by atoms with van der Waals surface area (Å²) in [5, 5.41) is 14.0. The summed E-state index contributed by atoms with van der Waals surface area (Å²) in [6.07, 6.45) is 7.64. The molecular weight excluding hydrogens is 253 g/mol. The van der Waals surface area contributed by atoms with Crippen molar-refractivity contribution in [1.82, 2.24) is 5.32 Å². The molecule has 1 aromatic rings. The minimum absolute atomic E-state index is 0.165. The van der Waals surface area contributed by atoms with Crippen LogP contribution in [-0.4, -0.2) is 23.3 Å². The van der Waals surface area contributed by atoms with E-state index < -0.39 is 5.60 Å². The largest absolute Gasteiger partial charge is 0.389 e. The molecule has 20 heavy (non-hydrogen) atoms. The predicted molar refractivity (Wildman–Crippen MR) is 78.2 cm³/mol. The highest BCUT2D eigenvalue weighted by atomic mass is 19.1. The van der Waals surface area contributed by atoms with E-state index in [1.54, 1.807) is 12.1 Å². The molecule has 0 heterocycles.